The first kappa shape index (κ1) is 20.6. The second kappa shape index (κ2) is 7.67. The third kappa shape index (κ3) is 3.42. The molecule has 3 aromatic rings. The third-order valence-corrected chi connectivity index (χ3v) is 6.36. The van der Waals surface area contributed by atoms with Crippen molar-refractivity contribution in [2.24, 2.45) is 5.92 Å². The summed E-state index contributed by atoms with van der Waals surface area (Å²) < 4.78 is 41.9. The number of nitrogens with one attached hydrogen (secondary N) is 3. The van der Waals surface area contributed by atoms with Crippen LogP contribution < -0.4 is 10.6 Å². The van der Waals surface area contributed by atoms with E-state index in [1.54, 1.807) is 12.1 Å². The average Bonchev–Trinajstić information content (AvgIpc) is 3.23. The average molecular weight is 443 g/mol. The van der Waals surface area contributed by atoms with E-state index in [1.165, 1.54) is 18.2 Å². The SMILES string of the molecule is O=C1NC[C@@H](O)[C@@H]1NC(=O)[C@H]1C[C@@H](c2c(-c3ccc(F)cc3)[nH]c3c(F)cc(F)cc32)C1. The Balaban J connectivity index is 1.44. The molecule has 0 radical (unpaired) electrons. The lowest BCUT2D eigenvalue weighted by molar-refractivity contribution is -0.133. The van der Waals surface area contributed by atoms with Crippen LogP contribution in [0.2, 0.25) is 0 Å². The first-order chi connectivity index (χ1) is 15.3. The molecule has 2 heterocycles. The van der Waals surface area contributed by atoms with Gasteiger partial charge in [0.15, 0.2) is 0 Å². The molecule has 2 aromatic carbocycles. The van der Waals surface area contributed by atoms with E-state index >= 15 is 0 Å². The van der Waals surface area contributed by atoms with Crippen molar-refractivity contribution in [1.82, 2.24) is 15.6 Å². The van der Waals surface area contributed by atoms with Crippen molar-refractivity contribution in [3.63, 3.8) is 0 Å². The number of fused-ring (bicyclic) bond motifs is 1. The summed E-state index contributed by atoms with van der Waals surface area (Å²) in [5.41, 5.74) is 2.00. The summed E-state index contributed by atoms with van der Waals surface area (Å²) in [6.45, 7) is 0.0879. The van der Waals surface area contributed by atoms with Gasteiger partial charge in [0.2, 0.25) is 11.8 Å². The summed E-state index contributed by atoms with van der Waals surface area (Å²) in [5.74, 6) is -3.19. The maximum Gasteiger partial charge on any atom is 0.245 e. The van der Waals surface area contributed by atoms with Crippen LogP contribution in [0.4, 0.5) is 13.2 Å². The summed E-state index contributed by atoms with van der Waals surface area (Å²) in [5, 5.41) is 15.3. The fourth-order valence-electron chi connectivity index (χ4n) is 4.62. The predicted molar refractivity (Wildman–Crippen MR) is 110 cm³/mol. The number of hydrogen-bond donors (Lipinski definition) is 4. The molecule has 32 heavy (non-hydrogen) atoms. The molecule has 9 heteroatoms. The largest absolute Gasteiger partial charge is 0.389 e. The molecule has 1 aromatic heterocycles. The molecule has 1 aliphatic heterocycles. The highest BCUT2D eigenvalue weighted by Crippen LogP contribution is 2.48. The fourth-order valence-corrected chi connectivity index (χ4v) is 4.62. The molecular weight excluding hydrogens is 423 g/mol. The monoisotopic (exact) mass is 443 g/mol. The summed E-state index contributed by atoms with van der Waals surface area (Å²) in [7, 11) is 0. The Morgan fingerprint density at radius 2 is 1.78 bits per heavy atom. The number of aromatic amines is 1. The maximum absolute atomic E-state index is 14.5. The number of carbonyl (C=O) groups excluding carboxylic acids is 2. The number of β-amino-alcohol motifs (C(OH)–C–C–N with tert-alkyl or cyclic N) is 1. The van der Waals surface area contributed by atoms with Gasteiger partial charge >= 0.3 is 0 Å². The van der Waals surface area contributed by atoms with Gasteiger partial charge in [-0.2, -0.15) is 0 Å². The number of benzene rings is 2. The van der Waals surface area contributed by atoms with Gasteiger partial charge in [0.25, 0.3) is 0 Å². The molecule has 0 spiro atoms. The predicted octanol–water partition coefficient (Wildman–Crippen LogP) is 2.72. The molecule has 2 aliphatic rings. The number of H-pyrrole nitrogens is 1. The number of aromatic nitrogens is 1. The van der Waals surface area contributed by atoms with Crippen LogP contribution in [0.3, 0.4) is 0 Å². The van der Waals surface area contributed by atoms with Crippen molar-refractivity contribution in [1.29, 1.82) is 0 Å². The van der Waals surface area contributed by atoms with E-state index < -0.39 is 41.4 Å². The van der Waals surface area contributed by atoms with E-state index in [9.17, 15) is 27.9 Å². The number of amides is 2. The molecule has 4 N–H and O–H groups in total. The highest BCUT2D eigenvalue weighted by atomic mass is 19.1. The minimum atomic E-state index is -0.980. The van der Waals surface area contributed by atoms with Gasteiger partial charge in [0, 0.05) is 23.9 Å². The fraction of sp³-hybridized carbons (Fsp3) is 0.304. The van der Waals surface area contributed by atoms with E-state index in [1.807, 2.05) is 0 Å². The second-order valence-electron chi connectivity index (χ2n) is 8.39. The van der Waals surface area contributed by atoms with Gasteiger partial charge in [-0.1, -0.05) is 0 Å². The molecule has 0 unspecified atom stereocenters. The van der Waals surface area contributed by atoms with Gasteiger partial charge in [0.1, 0.15) is 29.6 Å². The molecular formula is C23H20F3N3O3. The Bertz CT molecular complexity index is 1220. The van der Waals surface area contributed by atoms with Crippen LogP contribution in [0, 0.1) is 23.4 Å². The zero-order chi connectivity index (χ0) is 22.6. The number of rotatable bonds is 4. The lowest BCUT2D eigenvalue weighted by Gasteiger charge is -2.35. The minimum Gasteiger partial charge on any atom is -0.389 e. The quantitative estimate of drug-likeness (QED) is 0.500. The lowest BCUT2D eigenvalue weighted by atomic mass is 9.69. The number of aliphatic hydroxyl groups is 1. The number of halogens is 3. The lowest BCUT2D eigenvalue weighted by Crippen LogP contribution is -2.49. The van der Waals surface area contributed by atoms with Gasteiger partial charge in [-0.3, -0.25) is 9.59 Å². The highest BCUT2D eigenvalue weighted by molar-refractivity contribution is 5.93. The molecule has 1 saturated heterocycles. The normalized spacial score (nSPS) is 24.9. The molecule has 1 aliphatic carbocycles. The van der Waals surface area contributed by atoms with Gasteiger partial charge in [-0.15, -0.1) is 0 Å². The number of carbonyl (C=O) groups is 2. The van der Waals surface area contributed by atoms with Gasteiger partial charge in [-0.25, -0.2) is 13.2 Å². The zero-order valence-corrected chi connectivity index (χ0v) is 16.8. The first-order valence-corrected chi connectivity index (χ1v) is 10.3. The molecule has 2 atom stereocenters. The van der Waals surface area contributed by atoms with E-state index in [0.29, 0.717) is 35.0 Å². The first-order valence-electron chi connectivity index (χ1n) is 10.3. The molecule has 2 fully saturated rings. The van der Waals surface area contributed by atoms with Gasteiger partial charge in [0.05, 0.1) is 11.2 Å². The van der Waals surface area contributed by atoms with E-state index in [4.69, 9.17) is 0 Å². The van der Waals surface area contributed by atoms with Crippen molar-refractivity contribution < 1.29 is 27.9 Å². The van der Waals surface area contributed by atoms with Crippen LogP contribution in [0.1, 0.15) is 24.3 Å². The Morgan fingerprint density at radius 1 is 1.06 bits per heavy atom. The van der Waals surface area contributed by atoms with Crippen molar-refractivity contribution in [2.75, 3.05) is 6.54 Å². The van der Waals surface area contributed by atoms with Crippen LogP contribution in [0.5, 0.6) is 0 Å². The second-order valence-corrected chi connectivity index (χ2v) is 8.39. The highest BCUT2D eigenvalue weighted by Gasteiger charge is 2.41. The van der Waals surface area contributed by atoms with Crippen LogP contribution in [-0.4, -0.2) is 40.6 Å². The van der Waals surface area contributed by atoms with E-state index in [2.05, 4.69) is 15.6 Å². The van der Waals surface area contributed by atoms with E-state index in [0.717, 1.165) is 6.07 Å². The Morgan fingerprint density at radius 3 is 2.44 bits per heavy atom. The third-order valence-electron chi connectivity index (χ3n) is 6.36. The van der Waals surface area contributed by atoms with Crippen LogP contribution >= 0.6 is 0 Å². The van der Waals surface area contributed by atoms with Crippen LogP contribution in [-0.2, 0) is 9.59 Å². The van der Waals surface area contributed by atoms with Crippen molar-refractivity contribution >= 4 is 22.7 Å². The topological polar surface area (TPSA) is 94.2 Å². The standard InChI is InChI=1S/C23H20F3N3O3/c24-13-3-1-10(2-4-13)19-18(15-7-14(25)8-16(26)20(15)28-19)11-5-12(6-11)22(31)29-21-17(30)9-27-23(21)32/h1-4,7-8,11-12,17,21,28,30H,5-6,9H2,(H,27,32)(H,29,31)/t11-,12+,17-,21+/m1/s1. The number of hydrogen-bond acceptors (Lipinski definition) is 3. The Kier molecular flexibility index (Phi) is 4.93. The van der Waals surface area contributed by atoms with Gasteiger partial charge in [-0.05, 0) is 60.2 Å². The van der Waals surface area contributed by atoms with Gasteiger partial charge < -0.3 is 20.7 Å². The number of aliphatic hydroxyl groups excluding tert-OH is 1. The maximum atomic E-state index is 14.5. The molecule has 2 amide bonds. The molecule has 0 bridgehead atoms. The van der Waals surface area contributed by atoms with Crippen molar-refractivity contribution in [3.8, 4) is 11.3 Å². The van der Waals surface area contributed by atoms with Crippen LogP contribution in [0.15, 0.2) is 36.4 Å². The molecule has 5 rings (SSSR count). The zero-order valence-electron chi connectivity index (χ0n) is 16.8. The molecule has 166 valence electrons. The van der Waals surface area contributed by atoms with Crippen molar-refractivity contribution in [3.05, 3.63) is 59.4 Å². The molecule has 6 nitrogen and oxygen atoms in total. The van der Waals surface area contributed by atoms with Crippen LogP contribution in [0.25, 0.3) is 22.2 Å². The summed E-state index contributed by atoms with van der Waals surface area (Å²) >= 11 is 0. The Labute approximate surface area is 180 Å². The minimum absolute atomic E-state index is 0.0879. The smallest absolute Gasteiger partial charge is 0.245 e. The summed E-state index contributed by atoms with van der Waals surface area (Å²) in [6.07, 6.45) is -0.155. The Hall–Kier alpha value is -3.33. The summed E-state index contributed by atoms with van der Waals surface area (Å²) in [6, 6.07) is 6.76. The molecule has 1 saturated carbocycles. The van der Waals surface area contributed by atoms with Crippen molar-refractivity contribution in [2.45, 2.75) is 30.9 Å². The summed E-state index contributed by atoms with van der Waals surface area (Å²) in [4.78, 5) is 27.3. The van der Waals surface area contributed by atoms with E-state index in [-0.39, 0.29) is 23.9 Å².